The number of rotatable bonds is 5. The van der Waals surface area contributed by atoms with E-state index in [0.29, 0.717) is 0 Å². The van der Waals surface area contributed by atoms with E-state index in [9.17, 15) is 0 Å². The Kier molecular flexibility index (Phi) is 4.39. The number of nitrogens with one attached hydrogen (secondary N) is 1. The molecule has 6 nitrogen and oxygen atoms in total. The van der Waals surface area contributed by atoms with E-state index in [0.717, 1.165) is 52.3 Å². The van der Waals surface area contributed by atoms with Crippen molar-refractivity contribution >= 4 is 22.7 Å². The molecule has 0 aliphatic heterocycles. The van der Waals surface area contributed by atoms with Crippen molar-refractivity contribution in [1.29, 1.82) is 0 Å². The molecule has 0 aromatic carbocycles. The molecule has 6 heteroatoms. The summed E-state index contributed by atoms with van der Waals surface area (Å²) < 4.78 is 3.92. The van der Waals surface area contributed by atoms with Crippen molar-refractivity contribution < 1.29 is 0 Å². The fourth-order valence-corrected chi connectivity index (χ4v) is 3.42. The van der Waals surface area contributed by atoms with E-state index in [1.165, 1.54) is 5.56 Å². The Hall–Kier alpha value is -3.15. The van der Waals surface area contributed by atoms with E-state index in [1.807, 2.05) is 50.2 Å². The molecule has 0 saturated heterocycles. The zero-order chi connectivity index (χ0) is 19.0. The SMILES string of the molecule is CCCc1cc(Nc2ccc3ncc(-c4cn(C)nc4C)cc3n2)n(C)c1. The lowest BCUT2D eigenvalue weighted by Gasteiger charge is -2.08. The highest BCUT2D eigenvalue weighted by atomic mass is 15.2. The van der Waals surface area contributed by atoms with Crippen LogP contribution in [0, 0.1) is 6.92 Å². The number of pyridine rings is 2. The van der Waals surface area contributed by atoms with Crippen molar-refractivity contribution in [3.63, 3.8) is 0 Å². The predicted molar refractivity (Wildman–Crippen MR) is 109 cm³/mol. The maximum absolute atomic E-state index is 4.78. The monoisotopic (exact) mass is 360 g/mol. The van der Waals surface area contributed by atoms with Crippen molar-refractivity contribution in [2.45, 2.75) is 26.7 Å². The normalized spacial score (nSPS) is 11.3. The molecule has 0 spiro atoms. The first-order valence-corrected chi connectivity index (χ1v) is 9.23. The molecule has 4 aromatic rings. The van der Waals surface area contributed by atoms with Gasteiger partial charge in [-0.3, -0.25) is 9.67 Å². The Bertz CT molecular complexity index is 1110. The van der Waals surface area contributed by atoms with Crippen LogP contribution >= 0.6 is 0 Å². The third-order valence-corrected chi connectivity index (χ3v) is 4.72. The third kappa shape index (κ3) is 3.43. The molecule has 27 heavy (non-hydrogen) atoms. The van der Waals surface area contributed by atoms with Crippen LogP contribution in [-0.4, -0.2) is 24.3 Å². The highest BCUT2D eigenvalue weighted by Gasteiger charge is 2.09. The van der Waals surface area contributed by atoms with Gasteiger partial charge in [0.25, 0.3) is 0 Å². The van der Waals surface area contributed by atoms with Crippen LogP contribution in [0.25, 0.3) is 22.2 Å². The number of fused-ring (bicyclic) bond motifs is 1. The van der Waals surface area contributed by atoms with E-state index in [2.05, 4.69) is 45.2 Å². The molecule has 4 aromatic heterocycles. The van der Waals surface area contributed by atoms with Crippen LogP contribution < -0.4 is 5.32 Å². The van der Waals surface area contributed by atoms with Crippen LogP contribution in [0.15, 0.2) is 42.9 Å². The molecule has 0 radical (unpaired) electrons. The second-order valence-electron chi connectivity index (χ2n) is 6.98. The lowest BCUT2D eigenvalue weighted by Crippen LogP contribution is -1.99. The van der Waals surface area contributed by atoms with Crippen molar-refractivity contribution in [1.82, 2.24) is 24.3 Å². The van der Waals surface area contributed by atoms with Gasteiger partial charge in [0.05, 0.1) is 16.7 Å². The lowest BCUT2D eigenvalue weighted by molar-refractivity contribution is 0.756. The molecular formula is C21H24N6. The molecule has 0 saturated carbocycles. The molecule has 0 aliphatic rings. The topological polar surface area (TPSA) is 60.6 Å². The zero-order valence-electron chi connectivity index (χ0n) is 16.2. The minimum absolute atomic E-state index is 0.814. The Labute approximate surface area is 158 Å². The summed E-state index contributed by atoms with van der Waals surface area (Å²) in [5, 5.41) is 7.85. The van der Waals surface area contributed by atoms with Gasteiger partial charge in [0.2, 0.25) is 0 Å². The fourth-order valence-electron chi connectivity index (χ4n) is 3.42. The van der Waals surface area contributed by atoms with Crippen molar-refractivity contribution in [2.75, 3.05) is 5.32 Å². The molecule has 0 aliphatic carbocycles. The van der Waals surface area contributed by atoms with Crippen molar-refractivity contribution in [3.8, 4) is 11.1 Å². The van der Waals surface area contributed by atoms with Crippen LogP contribution in [0.2, 0.25) is 0 Å². The smallest absolute Gasteiger partial charge is 0.132 e. The fraction of sp³-hybridized carbons (Fsp3) is 0.286. The molecule has 0 bridgehead atoms. The quantitative estimate of drug-likeness (QED) is 0.574. The molecule has 0 fully saturated rings. The number of hydrogen-bond acceptors (Lipinski definition) is 4. The van der Waals surface area contributed by atoms with Gasteiger partial charge < -0.3 is 9.88 Å². The van der Waals surface area contributed by atoms with Gasteiger partial charge in [-0.25, -0.2) is 4.98 Å². The van der Waals surface area contributed by atoms with E-state index in [4.69, 9.17) is 4.98 Å². The molecule has 4 rings (SSSR count). The van der Waals surface area contributed by atoms with Gasteiger partial charge >= 0.3 is 0 Å². The summed E-state index contributed by atoms with van der Waals surface area (Å²) in [4.78, 5) is 9.34. The lowest BCUT2D eigenvalue weighted by atomic mass is 10.1. The minimum atomic E-state index is 0.814. The highest BCUT2D eigenvalue weighted by molar-refractivity contribution is 5.82. The van der Waals surface area contributed by atoms with Crippen LogP contribution in [0.4, 0.5) is 11.6 Å². The average molecular weight is 360 g/mol. The molecule has 138 valence electrons. The van der Waals surface area contributed by atoms with Gasteiger partial charge in [0.1, 0.15) is 11.6 Å². The van der Waals surface area contributed by atoms with Gasteiger partial charge in [-0.15, -0.1) is 0 Å². The number of anilines is 2. The molecular weight excluding hydrogens is 336 g/mol. The largest absolute Gasteiger partial charge is 0.337 e. The summed E-state index contributed by atoms with van der Waals surface area (Å²) in [6, 6.07) is 8.23. The molecule has 1 N–H and O–H groups in total. The number of hydrogen-bond donors (Lipinski definition) is 1. The Morgan fingerprint density at radius 3 is 2.67 bits per heavy atom. The predicted octanol–water partition coefficient (Wildman–Crippen LogP) is 4.37. The van der Waals surface area contributed by atoms with Crippen molar-refractivity contribution in [3.05, 3.63) is 54.1 Å². The van der Waals surface area contributed by atoms with Crippen molar-refractivity contribution in [2.24, 2.45) is 14.1 Å². The number of aromatic nitrogens is 5. The summed E-state index contributed by atoms with van der Waals surface area (Å²) in [7, 11) is 3.98. The summed E-state index contributed by atoms with van der Waals surface area (Å²) in [6.07, 6.45) is 8.28. The van der Waals surface area contributed by atoms with Crippen LogP contribution in [0.5, 0.6) is 0 Å². The van der Waals surface area contributed by atoms with Gasteiger partial charge in [0, 0.05) is 43.8 Å². The second-order valence-corrected chi connectivity index (χ2v) is 6.98. The van der Waals surface area contributed by atoms with Gasteiger partial charge in [-0.05, 0) is 43.2 Å². The standard InChI is InChI=1S/C21H24N6/c1-5-6-15-9-21(26(3)12-15)24-20-8-7-18-19(23-20)10-16(11-22-18)17-13-27(4)25-14(17)2/h7-13H,5-6H2,1-4H3,(H,23,24). The Balaban J connectivity index is 1.68. The van der Waals surface area contributed by atoms with Crippen LogP contribution in [-0.2, 0) is 20.5 Å². The summed E-state index contributed by atoms with van der Waals surface area (Å²) in [5.41, 5.74) is 6.17. The minimum Gasteiger partial charge on any atom is -0.337 e. The summed E-state index contributed by atoms with van der Waals surface area (Å²) >= 11 is 0. The average Bonchev–Trinajstić information content (AvgIpc) is 3.16. The van der Waals surface area contributed by atoms with E-state index in [-0.39, 0.29) is 0 Å². The van der Waals surface area contributed by atoms with E-state index in [1.54, 1.807) is 0 Å². The number of aryl methyl sites for hydroxylation is 4. The highest BCUT2D eigenvalue weighted by Crippen LogP contribution is 2.26. The van der Waals surface area contributed by atoms with E-state index < -0.39 is 0 Å². The molecule has 4 heterocycles. The Morgan fingerprint density at radius 1 is 1.07 bits per heavy atom. The Morgan fingerprint density at radius 2 is 1.93 bits per heavy atom. The first-order chi connectivity index (χ1) is 13.0. The first kappa shape index (κ1) is 17.3. The van der Waals surface area contributed by atoms with Gasteiger partial charge in [-0.2, -0.15) is 5.10 Å². The maximum atomic E-state index is 4.78. The van der Waals surface area contributed by atoms with Crippen LogP contribution in [0.1, 0.15) is 24.6 Å². The number of nitrogens with zero attached hydrogens (tertiary/aromatic N) is 5. The zero-order valence-corrected chi connectivity index (χ0v) is 16.2. The molecule has 0 unspecified atom stereocenters. The first-order valence-electron chi connectivity index (χ1n) is 9.23. The van der Waals surface area contributed by atoms with E-state index >= 15 is 0 Å². The third-order valence-electron chi connectivity index (χ3n) is 4.72. The summed E-state index contributed by atoms with van der Waals surface area (Å²) in [6.45, 7) is 4.20. The summed E-state index contributed by atoms with van der Waals surface area (Å²) in [5.74, 6) is 1.85. The van der Waals surface area contributed by atoms with Gasteiger partial charge in [-0.1, -0.05) is 13.3 Å². The maximum Gasteiger partial charge on any atom is 0.132 e. The second kappa shape index (κ2) is 6.87. The molecule has 0 amide bonds. The molecule has 0 atom stereocenters. The van der Waals surface area contributed by atoms with Gasteiger partial charge in [0.15, 0.2) is 0 Å². The van der Waals surface area contributed by atoms with Crippen LogP contribution in [0.3, 0.4) is 0 Å².